The van der Waals surface area contributed by atoms with Crippen molar-refractivity contribution in [3.05, 3.63) is 106 Å². The maximum atomic E-state index is 13.4. The number of hydrogen-bond acceptors (Lipinski definition) is 2. The summed E-state index contributed by atoms with van der Waals surface area (Å²) in [5, 5.41) is 0. The van der Waals surface area contributed by atoms with E-state index in [4.69, 9.17) is 0 Å². The molecule has 0 unspecified atom stereocenters. The quantitative estimate of drug-likeness (QED) is 0.386. The fraction of sp³-hybridized carbons (Fsp3) is 0.259. The lowest BCUT2D eigenvalue weighted by molar-refractivity contribution is -0.108. The maximum Gasteiger partial charge on any atom is 0.193 e. The summed E-state index contributed by atoms with van der Waals surface area (Å²) in [5.74, 6) is 0.343. The molecule has 2 atom stereocenters. The highest BCUT2D eigenvalue weighted by Crippen LogP contribution is 2.45. The molecule has 0 amide bonds. The van der Waals surface area contributed by atoms with Crippen LogP contribution < -0.4 is 0 Å². The molecule has 3 aromatic carbocycles. The first kappa shape index (κ1) is 19.3. The predicted octanol–water partition coefficient (Wildman–Crippen LogP) is 6.02. The first-order chi connectivity index (χ1) is 14.2. The van der Waals surface area contributed by atoms with Gasteiger partial charge in [0.25, 0.3) is 0 Å². The Morgan fingerprint density at radius 2 is 1.76 bits per heavy atom. The Labute approximate surface area is 172 Å². The van der Waals surface area contributed by atoms with Crippen molar-refractivity contribution in [2.45, 2.75) is 44.4 Å². The summed E-state index contributed by atoms with van der Waals surface area (Å²) in [5.41, 5.74) is 6.31. The zero-order chi connectivity index (χ0) is 20.2. The molecule has 4 rings (SSSR count). The zero-order valence-corrected chi connectivity index (χ0v) is 16.8. The lowest BCUT2D eigenvalue weighted by atomic mass is 9.70. The molecule has 0 spiro atoms. The van der Waals surface area contributed by atoms with E-state index in [9.17, 15) is 9.59 Å². The van der Waals surface area contributed by atoms with Crippen LogP contribution in [-0.2, 0) is 11.2 Å². The van der Waals surface area contributed by atoms with Gasteiger partial charge in [0.1, 0.15) is 6.29 Å². The Morgan fingerprint density at radius 3 is 2.48 bits per heavy atom. The van der Waals surface area contributed by atoms with E-state index in [1.807, 2.05) is 42.5 Å². The Kier molecular flexibility index (Phi) is 5.71. The standard InChI is InChI=1S/C27H26O2/c1-19-13-15-20(16-14-19)23(17-18-28)24-11-5-9-21-10-6-12-25(26(21)24)27(29)22-7-3-2-4-8-22/h2-4,6-8,10,12-16,18,23-24H,5,9,11,17H2,1H3/t23-,24+/m0/s1. The third-order valence-electron chi connectivity index (χ3n) is 6.15. The minimum atomic E-state index is 0.0723. The van der Waals surface area contributed by atoms with Crippen molar-refractivity contribution >= 4 is 12.1 Å². The van der Waals surface area contributed by atoms with Crippen molar-refractivity contribution in [3.8, 4) is 0 Å². The molecule has 0 radical (unpaired) electrons. The minimum absolute atomic E-state index is 0.0723. The van der Waals surface area contributed by atoms with Crippen LogP contribution in [0.15, 0.2) is 72.8 Å². The number of fused-ring (bicyclic) bond motifs is 1. The third kappa shape index (κ3) is 3.93. The Balaban J connectivity index is 1.81. The van der Waals surface area contributed by atoms with Crippen molar-refractivity contribution in [1.82, 2.24) is 0 Å². The molecule has 0 saturated heterocycles. The molecule has 2 nitrogen and oxygen atoms in total. The number of aryl methyl sites for hydroxylation is 2. The van der Waals surface area contributed by atoms with Crippen LogP contribution in [0.25, 0.3) is 0 Å². The summed E-state index contributed by atoms with van der Waals surface area (Å²) in [6, 6.07) is 24.1. The van der Waals surface area contributed by atoms with Crippen LogP contribution in [0.3, 0.4) is 0 Å². The van der Waals surface area contributed by atoms with Crippen molar-refractivity contribution in [3.63, 3.8) is 0 Å². The lowest BCUT2D eigenvalue weighted by Gasteiger charge is -2.33. The molecule has 0 N–H and O–H groups in total. The number of rotatable bonds is 6. The van der Waals surface area contributed by atoms with Gasteiger partial charge in [-0.15, -0.1) is 0 Å². The van der Waals surface area contributed by atoms with E-state index in [1.165, 1.54) is 16.7 Å². The van der Waals surface area contributed by atoms with Crippen LogP contribution in [0.4, 0.5) is 0 Å². The van der Waals surface area contributed by atoms with Crippen LogP contribution in [0.2, 0.25) is 0 Å². The highest BCUT2D eigenvalue weighted by atomic mass is 16.1. The van der Waals surface area contributed by atoms with Gasteiger partial charge in [0.15, 0.2) is 5.78 Å². The molecule has 0 heterocycles. The number of hydrogen-bond donors (Lipinski definition) is 0. The second-order valence-electron chi connectivity index (χ2n) is 7.99. The van der Waals surface area contributed by atoms with E-state index in [1.54, 1.807) is 0 Å². The van der Waals surface area contributed by atoms with Crippen LogP contribution in [0.5, 0.6) is 0 Å². The molecule has 0 aliphatic heterocycles. The summed E-state index contributed by atoms with van der Waals surface area (Å²) >= 11 is 0. The van der Waals surface area contributed by atoms with Crippen LogP contribution in [0, 0.1) is 6.92 Å². The summed E-state index contributed by atoms with van der Waals surface area (Å²) in [6.45, 7) is 2.07. The fourth-order valence-corrected chi connectivity index (χ4v) is 4.72. The molecule has 0 saturated carbocycles. The minimum Gasteiger partial charge on any atom is -0.303 e. The van der Waals surface area contributed by atoms with Gasteiger partial charge in [-0.05, 0) is 54.7 Å². The lowest BCUT2D eigenvalue weighted by Crippen LogP contribution is -2.21. The van der Waals surface area contributed by atoms with Gasteiger partial charge in [0, 0.05) is 17.5 Å². The summed E-state index contributed by atoms with van der Waals surface area (Å²) in [6.07, 6.45) is 4.57. The van der Waals surface area contributed by atoms with E-state index in [2.05, 4.69) is 37.3 Å². The second-order valence-corrected chi connectivity index (χ2v) is 7.99. The molecule has 1 aliphatic rings. The Morgan fingerprint density at radius 1 is 1.00 bits per heavy atom. The highest BCUT2D eigenvalue weighted by Gasteiger charge is 2.32. The van der Waals surface area contributed by atoms with Gasteiger partial charge in [-0.1, -0.05) is 78.4 Å². The number of carbonyl (C=O) groups excluding carboxylic acids is 2. The molecule has 0 fully saturated rings. The van der Waals surface area contributed by atoms with Gasteiger partial charge in [0.2, 0.25) is 0 Å². The van der Waals surface area contributed by atoms with Gasteiger partial charge >= 0.3 is 0 Å². The monoisotopic (exact) mass is 382 g/mol. The molecule has 2 heteroatoms. The maximum absolute atomic E-state index is 13.4. The van der Waals surface area contributed by atoms with E-state index < -0.39 is 0 Å². The molecular weight excluding hydrogens is 356 g/mol. The predicted molar refractivity (Wildman–Crippen MR) is 117 cm³/mol. The number of aldehydes is 1. The van der Waals surface area contributed by atoms with E-state index >= 15 is 0 Å². The summed E-state index contributed by atoms with van der Waals surface area (Å²) in [4.78, 5) is 24.9. The molecule has 0 aromatic heterocycles. The van der Waals surface area contributed by atoms with E-state index in [-0.39, 0.29) is 17.6 Å². The molecule has 146 valence electrons. The summed E-state index contributed by atoms with van der Waals surface area (Å²) in [7, 11) is 0. The van der Waals surface area contributed by atoms with Gasteiger partial charge in [0.05, 0.1) is 0 Å². The molecule has 29 heavy (non-hydrogen) atoms. The molecule has 0 bridgehead atoms. The van der Waals surface area contributed by atoms with Crippen LogP contribution in [-0.4, -0.2) is 12.1 Å². The largest absolute Gasteiger partial charge is 0.303 e. The van der Waals surface area contributed by atoms with Gasteiger partial charge in [-0.2, -0.15) is 0 Å². The van der Waals surface area contributed by atoms with Crippen molar-refractivity contribution < 1.29 is 9.59 Å². The van der Waals surface area contributed by atoms with E-state index in [0.29, 0.717) is 12.0 Å². The van der Waals surface area contributed by atoms with Crippen molar-refractivity contribution in [1.29, 1.82) is 0 Å². The second kappa shape index (κ2) is 8.57. The van der Waals surface area contributed by atoms with Crippen LogP contribution in [0.1, 0.15) is 69.3 Å². The molecular formula is C27H26O2. The van der Waals surface area contributed by atoms with Crippen molar-refractivity contribution in [2.24, 2.45) is 0 Å². The Hall–Kier alpha value is -3.00. The molecule has 3 aromatic rings. The fourth-order valence-electron chi connectivity index (χ4n) is 4.72. The SMILES string of the molecule is Cc1ccc([C@H](CC=O)[C@H]2CCCc3cccc(C(=O)c4ccccc4)c32)cc1. The van der Waals surface area contributed by atoms with Gasteiger partial charge in [-0.3, -0.25) is 4.79 Å². The topological polar surface area (TPSA) is 34.1 Å². The average molecular weight is 383 g/mol. The van der Waals surface area contributed by atoms with Crippen LogP contribution >= 0.6 is 0 Å². The van der Waals surface area contributed by atoms with Crippen molar-refractivity contribution in [2.75, 3.05) is 0 Å². The number of benzene rings is 3. The smallest absolute Gasteiger partial charge is 0.193 e. The van der Waals surface area contributed by atoms with E-state index in [0.717, 1.165) is 36.7 Å². The molecule has 1 aliphatic carbocycles. The number of ketones is 1. The first-order valence-electron chi connectivity index (χ1n) is 10.4. The van der Waals surface area contributed by atoms with Gasteiger partial charge in [-0.25, -0.2) is 0 Å². The Bertz CT molecular complexity index is 1000. The first-order valence-corrected chi connectivity index (χ1v) is 10.4. The zero-order valence-electron chi connectivity index (χ0n) is 16.8. The average Bonchev–Trinajstić information content (AvgIpc) is 2.77. The van der Waals surface area contributed by atoms with Gasteiger partial charge < -0.3 is 4.79 Å². The highest BCUT2D eigenvalue weighted by molar-refractivity contribution is 6.10. The third-order valence-corrected chi connectivity index (χ3v) is 6.15. The summed E-state index contributed by atoms with van der Waals surface area (Å²) < 4.78 is 0. The normalized spacial score (nSPS) is 16.7. The number of carbonyl (C=O) groups is 2.